The van der Waals surface area contributed by atoms with Crippen molar-refractivity contribution < 1.29 is 24.9 Å². The Morgan fingerprint density at radius 1 is 1.40 bits per heavy atom. The number of carbonyl (C=O) groups excluding carboxylic acids is 1. The summed E-state index contributed by atoms with van der Waals surface area (Å²) in [4.78, 5) is 11.7. The minimum absolute atomic E-state index is 0.0265. The fraction of sp³-hybridized carbons (Fsp3) is 0.800. The Hall–Kier alpha value is -0.910. The zero-order chi connectivity index (χ0) is 15.1. The van der Waals surface area contributed by atoms with Gasteiger partial charge in [-0.2, -0.15) is 0 Å². The quantitative estimate of drug-likeness (QED) is 0.452. The van der Waals surface area contributed by atoms with Crippen LogP contribution in [0.3, 0.4) is 0 Å². The molecule has 114 valence electrons. The number of aliphatic hydroxyl groups is 3. The molecule has 0 bridgehead atoms. The minimum atomic E-state index is -1.27. The number of hydrogen-bond donors (Lipinski definition) is 3. The van der Waals surface area contributed by atoms with Crippen molar-refractivity contribution in [2.45, 2.75) is 63.9 Å². The molecule has 1 aliphatic heterocycles. The summed E-state index contributed by atoms with van der Waals surface area (Å²) in [5.41, 5.74) is -0.604. The highest BCUT2D eigenvalue weighted by atomic mass is 16.6. The first-order valence-electron chi connectivity index (χ1n) is 7.19. The van der Waals surface area contributed by atoms with Gasteiger partial charge in [-0.05, 0) is 38.3 Å². The number of esters is 1. The number of aliphatic hydroxyl groups excluding tert-OH is 2. The number of ether oxygens (including phenoxy) is 1. The van der Waals surface area contributed by atoms with Gasteiger partial charge in [-0.1, -0.05) is 6.92 Å². The van der Waals surface area contributed by atoms with Crippen molar-refractivity contribution in [3.05, 3.63) is 11.6 Å². The maximum atomic E-state index is 11.7. The van der Waals surface area contributed by atoms with Crippen molar-refractivity contribution >= 4 is 5.97 Å². The molecule has 0 aromatic heterocycles. The van der Waals surface area contributed by atoms with Crippen LogP contribution in [0.15, 0.2) is 11.6 Å². The predicted molar refractivity (Wildman–Crippen MR) is 72.8 cm³/mol. The van der Waals surface area contributed by atoms with Crippen LogP contribution < -0.4 is 0 Å². The van der Waals surface area contributed by atoms with E-state index in [1.807, 2.05) is 6.92 Å². The van der Waals surface area contributed by atoms with Crippen LogP contribution in [0.1, 0.15) is 40.0 Å². The lowest BCUT2D eigenvalue weighted by Gasteiger charge is -2.33. The summed E-state index contributed by atoms with van der Waals surface area (Å²) in [6, 6.07) is 0. The zero-order valence-electron chi connectivity index (χ0n) is 12.2. The van der Waals surface area contributed by atoms with Crippen LogP contribution in [0.5, 0.6) is 0 Å². The second kappa shape index (κ2) is 5.47. The summed E-state index contributed by atoms with van der Waals surface area (Å²) < 4.78 is 5.35. The molecule has 1 saturated heterocycles. The summed E-state index contributed by atoms with van der Waals surface area (Å²) in [5.74, 6) is -0.493. The molecule has 1 aliphatic carbocycles. The average molecular weight is 284 g/mol. The van der Waals surface area contributed by atoms with Crippen molar-refractivity contribution in [3.8, 4) is 0 Å². The number of fused-ring (bicyclic) bond motifs is 1. The summed E-state index contributed by atoms with van der Waals surface area (Å²) in [7, 11) is 0. The van der Waals surface area contributed by atoms with Crippen molar-refractivity contribution in [1.29, 1.82) is 0 Å². The van der Waals surface area contributed by atoms with E-state index in [2.05, 4.69) is 0 Å². The fourth-order valence-corrected chi connectivity index (χ4v) is 3.01. The molecule has 0 amide bonds. The van der Waals surface area contributed by atoms with Crippen LogP contribution in [0.4, 0.5) is 0 Å². The summed E-state index contributed by atoms with van der Waals surface area (Å²) in [6.45, 7) is 5.15. The molecule has 2 aliphatic rings. The van der Waals surface area contributed by atoms with Crippen molar-refractivity contribution in [3.63, 3.8) is 0 Å². The average Bonchev–Trinajstić information content (AvgIpc) is 2.61. The molecule has 20 heavy (non-hydrogen) atoms. The smallest absolute Gasteiger partial charge is 0.309 e. The largest absolute Gasteiger partial charge is 0.458 e. The van der Waals surface area contributed by atoms with Gasteiger partial charge in [0.1, 0.15) is 6.10 Å². The third-order valence-corrected chi connectivity index (χ3v) is 4.79. The normalized spacial score (nSPS) is 46.4. The second-order valence-electron chi connectivity index (χ2n) is 6.43. The van der Waals surface area contributed by atoms with E-state index < -0.39 is 17.8 Å². The van der Waals surface area contributed by atoms with E-state index in [1.165, 1.54) is 0 Å². The van der Waals surface area contributed by atoms with E-state index in [0.29, 0.717) is 18.4 Å². The first kappa shape index (κ1) is 15.5. The van der Waals surface area contributed by atoms with E-state index in [4.69, 9.17) is 4.74 Å². The van der Waals surface area contributed by atoms with Crippen LogP contribution in [-0.2, 0) is 9.53 Å². The van der Waals surface area contributed by atoms with Crippen molar-refractivity contribution in [2.24, 2.45) is 11.8 Å². The van der Waals surface area contributed by atoms with Gasteiger partial charge in [0.2, 0.25) is 0 Å². The zero-order valence-corrected chi connectivity index (χ0v) is 12.2. The summed E-state index contributed by atoms with van der Waals surface area (Å²) in [6.07, 6.45) is 0.644. The third-order valence-electron chi connectivity index (χ3n) is 4.79. The molecule has 5 nitrogen and oxygen atoms in total. The molecular weight excluding hydrogens is 260 g/mol. The fourth-order valence-electron chi connectivity index (χ4n) is 3.01. The number of rotatable bonds is 0. The summed E-state index contributed by atoms with van der Waals surface area (Å²) >= 11 is 0. The molecule has 1 fully saturated rings. The lowest BCUT2D eigenvalue weighted by Crippen LogP contribution is -2.43. The van der Waals surface area contributed by atoms with Gasteiger partial charge in [-0.3, -0.25) is 4.79 Å². The number of carbonyl (C=O) groups is 1. The molecule has 0 aromatic rings. The first-order chi connectivity index (χ1) is 9.22. The van der Waals surface area contributed by atoms with E-state index in [9.17, 15) is 20.1 Å². The Kier molecular flexibility index (Phi) is 4.23. The molecule has 0 saturated carbocycles. The summed E-state index contributed by atoms with van der Waals surface area (Å²) in [5, 5.41) is 30.5. The van der Waals surface area contributed by atoms with Gasteiger partial charge < -0.3 is 20.1 Å². The molecule has 0 unspecified atom stereocenters. The molecular formula is C15H24O5. The molecule has 3 N–H and O–H groups in total. The highest BCUT2D eigenvalue weighted by Crippen LogP contribution is 2.37. The molecule has 0 spiro atoms. The van der Waals surface area contributed by atoms with Crippen LogP contribution in [0, 0.1) is 11.8 Å². The second-order valence-corrected chi connectivity index (χ2v) is 6.43. The Balaban J connectivity index is 2.31. The monoisotopic (exact) mass is 284 g/mol. The molecule has 2 rings (SSSR count). The van der Waals surface area contributed by atoms with Gasteiger partial charge in [-0.25, -0.2) is 0 Å². The van der Waals surface area contributed by atoms with Gasteiger partial charge in [0, 0.05) is 12.3 Å². The van der Waals surface area contributed by atoms with Crippen molar-refractivity contribution in [2.75, 3.05) is 0 Å². The van der Waals surface area contributed by atoms with E-state index in [1.54, 1.807) is 19.9 Å². The van der Waals surface area contributed by atoms with Crippen molar-refractivity contribution in [1.82, 2.24) is 0 Å². The topological polar surface area (TPSA) is 87.0 Å². The first-order valence-corrected chi connectivity index (χ1v) is 7.19. The molecule has 1 heterocycles. The van der Waals surface area contributed by atoms with E-state index in [-0.39, 0.29) is 30.3 Å². The Morgan fingerprint density at radius 2 is 2.05 bits per heavy atom. The van der Waals surface area contributed by atoms with Gasteiger partial charge in [0.15, 0.2) is 0 Å². The van der Waals surface area contributed by atoms with E-state index in [0.717, 1.165) is 0 Å². The SMILES string of the molecule is CC1=C[C@@H]2OC(=O)[C@@H](C)[C@@H]2CC[C@](C)(O)[C@H](O)C[C@@H]1O. The Labute approximate surface area is 119 Å². The molecule has 0 aromatic carbocycles. The molecule has 0 radical (unpaired) electrons. The lowest BCUT2D eigenvalue weighted by molar-refractivity contribution is -0.142. The third kappa shape index (κ3) is 2.90. The van der Waals surface area contributed by atoms with Crippen LogP contribution >= 0.6 is 0 Å². The van der Waals surface area contributed by atoms with Crippen LogP contribution in [0.25, 0.3) is 0 Å². The Bertz CT molecular complexity index is 414. The van der Waals surface area contributed by atoms with Crippen LogP contribution in [0.2, 0.25) is 0 Å². The van der Waals surface area contributed by atoms with Crippen LogP contribution in [-0.4, -0.2) is 45.2 Å². The maximum absolute atomic E-state index is 11.7. The molecule has 6 atom stereocenters. The van der Waals surface area contributed by atoms with Gasteiger partial charge in [0.25, 0.3) is 0 Å². The standard InChI is InChI=1S/C15H24O5/c1-8-6-12-10(9(2)14(18)20-12)4-5-15(3,19)13(17)7-11(8)16/h6,9-13,16-17,19H,4-5,7H2,1-3H3/t9-,10-,11-,12-,13+,15-/m0/s1. The van der Waals surface area contributed by atoms with Gasteiger partial charge in [0.05, 0.1) is 23.7 Å². The van der Waals surface area contributed by atoms with E-state index >= 15 is 0 Å². The maximum Gasteiger partial charge on any atom is 0.309 e. The highest BCUT2D eigenvalue weighted by Gasteiger charge is 2.43. The van der Waals surface area contributed by atoms with Gasteiger partial charge >= 0.3 is 5.97 Å². The number of hydrogen-bond acceptors (Lipinski definition) is 5. The molecule has 5 heteroatoms. The van der Waals surface area contributed by atoms with Gasteiger partial charge in [-0.15, -0.1) is 0 Å². The Morgan fingerprint density at radius 3 is 2.70 bits per heavy atom. The highest BCUT2D eigenvalue weighted by molar-refractivity contribution is 5.75. The lowest BCUT2D eigenvalue weighted by atomic mass is 9.79. The predicted octanol–water partition coefficient (Wildman–Crippen LogP) is 0.767. The minimum Gasteiger partial charge on any atom is -0.458 e.